The van der Waals surface area contributed by atoms with Crippen LogP contribution in [0.15, 0.2) is 42.6 Å². The monoisotopic (exact) mass is 440 g/mol. The van der Waals surface area contributed by atoms with Crippen molar-refractivity contribution >= 4 is 28.6 Å². The summed E-state index contributed by atoms with van der Waals surface area (Å²) in [6.45, 7) is 1.40. The Kier molecular flexibility index (Phi) is 5.28. The number of nitrogens with two attached hydrogens (primary N) is 1. The number of fused-ring (bicyclic) bond motifs is 1. The summed E-state index contributed by atoms with van der Waals surface area (Å²) in [7, 11) is 0. The highest BCUT2D eigenvalue weighted by molar-refractivity contribution is 5.84. The molecule has 0 spiro atoms. The van der Waals surface area contributed by atoms with Crippen molar-refractivity contribution in [2.45, 2.75) is 19.4 Å². The lowest BCUT2D eigenvalue weighted by Crippen LogP contribution is -2.35. The number of nitrogen functional groups attached to an aromatic ring is 1. The van der Waals surface area contributed by atoms with Crippen molar-refractivity contribution in [3.05, 3.63) is 53.7 Å². The average Bonchev–Trinajstić information content (AvgIpc) is 3.31. The Balaban J connectivity index is 1.34. The number of nitrogens with one attached hydrogen (secondary N) is 1. The highest BCUT2D eigenvalue weighted by Crippen LogP contribution is 2.27. The number of ether oxygens (including phenoxy) is 1. The van der Waals surface area contributed by atoms with Crippen LogP contribution in [-0.2, 0) is 11.4 Å². The molecule has 1 aromatic carbocycles. The smallest absolute Gasteiger partial charge is 0.207 e. The Labute approximate surface area is 189 Å². The van der Waals surface area contributed by atoms with E-state index in [-0.39, 0.29) is 18.2 Å². The summed E-state index contributed by atoms with van der Waals surface area (Å²) in [6.07, 6.45) is 3.26. The van der Waals surface area contributed by atoms with Crippen LogP contribution in [-0.4, -0.2) is 44.3 Å². The molecule has 4 aromatic rings. The minimum Gasteiger partial charge on any atom is -0.486 e. The number of rotatable bonds is 5. The number of Topliss-reactive ketones (excluding diaryl/α,β-unsaturated/α-hetero) is 1. The highest BCUT2D eigenvalue weighted by Gasteiger charge is 2.18. The number of H-pyrrole nitrogens is 1. The van der Waals surface area contributed by atoms with Gasteiger partial charge in [-0.05, 0) is 30.2 Å². The first kappa shape index (κ1) is 20.4. The molecule has 3 aromatic heterocycles. The van der Waals surface area contributed by atoms with E-state index in [0.717, 1.165) is 35.5 Å². The molecule has 1 saturated heterocycles. The first-order chi connectivity index (χ1) is 16.1. The molecule has 10 nitrogen and oxygen atoms in total. The van der Waals surface area contributed by atoms with Crippen LogP contribution < -0.4 is 15.4 Å². The van der Waals surface area contributed by atoms with Crippen molar-refractivity contribution < 1.29 is 9.53 Å². The van der Waals surface area contributed by atoms with Gasteiger partial charge in [0, 0.05) is 36.4 Å². The number of ketones is 1. The molecule has 0 amide bonds. The molecule has 0 bridgehead atoms. The first-order valence-electron chi connectivity index (χ1n) is 10.5. The molecule has 10 heteroatoms. The number of aromatic nitrogens is 5. The van der Waals surface area contributed by atoms with Crippen molar-refractivity contribution in [2.24, 2.45) is 0 Å². The fourth-order valence-corrected chi connectivity index (χ4v) is 3.85. The highest BCUT2D eigenvalue weighted by atomic mass is 16.5. The fraction of sp³-hybridized carbons (Fsp3) is 0.217. The van der Waals surface area contributed by atoms with Gasteiger partial charge in [0.05, 0.1) is 18.2 Å². The number of benzene rings is 1. The van der Waals surface area contributed by atoms with Crippen LogP contribution in [0, 0.1) is 11.3 Å². The van der Waals surface area contributed by atoms with Gasteiger partial charge in [-0.1, -0.05) is 12.1 Å². The zero-order valence-corrected chi connectivity index (χ0v) is 17.7. The first-order valence-corrected chi connectivity index (χ1v) is 10.5. The molecular weight excluding hydrogens is 420 g/mol. The summed E-state index contributed by atoms with van der Waals surface area (Å²) in [5.74, 6) is 1.73. The Bertz CT molecular complexity index is 1370. The number of aromatic amines is 1. The molecule has 164 valence electrons. The van der Waals surface area contributed by atoms with Crippen molar-refractivity contribution in [3.8, 4) is 22.9 Å². The maximum atomic E-state index is 11.7. The number of hydrogen-bond donors (Lipinski definition) is 2. The number of nitrogens with zero attached hydrogens (tertiary/aromatic N) is 6. The van der Waals surface area contributed by atoms with E-state index < -0.39 is 0 Å². The Morgan fingerprint density at radius 1 is 1.18 bits per heavy atom. The third kappa shape index (κ3) is 4.16. The maximum Gasteiger partial charge on any atom is 0.207 e. The maximum absolute atomic E-state index is 11.7. The number of piperidine rings is 1. The third-order valence-corrected chi connectivity index (χ3v) is 5.55. The van der Waals surface area contributed by atoms with Crippen LogP contribution in [0.2, 0.25) is 0 Å². The minimum absolute atomic E-state index is 0.161. The SMILES string of the molecule is N#Cc1cc(-c2ccc(N3CCCC(=O)C3)nc2)ccc1COc1cc(N)nc2n[nH]nc12. The molecular formula is C23H20N8O2. The number of carbonyl (C=O) groups excluding carboxylic acids is 1. The second-order valence-electron chi connectivity index (χ2n) is 7.78. The molecule has 1 aliphatic rings. The van der Waals surface area contributed by atoms with E-state index in [0.29, 0.717) is 35.4 Å². The van der Waals surface area contributed by atoms with E-state index in [4.69, 9.17) is 10.5 Å². The van der Waals surface area contributed by atoms with Crippen molar-refractivity contribution in [3.63, 3.8) is 0 Å². The zero-order valence-electron chi connectivity index (χ0n) is 17.7. The van der Waals surface area contributed by atoms with Crippen molar-refractivity contribution in [1.29, 1.82) is 5.26 Å². The number of anilines is 2. The van der Waals surface area contributed by atoms with Gasteiger partial charge in [0.15, 0.2) is 17.0 Å². The van der Waals surface area contributed by atoms with Crippen LogP contribution in [0.5, 0.6) is 5.75 Å². The summed E-state index contributed by atoms with van der Waals surface area (Å²) in [5, 5.41) is 20.2. The molecule has 0 aliphatic carbocycles. The molecule has 0 atom stereocenters. The predicted molar refractivity (Wildman–Crippen MR) is 121 cm³/mol. The second kappa shape index (κ2) is 8.55. The molecule has 0 saturated carbocycles. The van der Waals surface area contributed by atoms with E-state index in [1.807, 2.05) is 35.2 Å². The average molecular weight is 440 g/mol. The molecule has 1 fully saturated rings. The number of carbonyl (C=O) groups is 1. The quantitative estimate of drug-likeness (QED) is 0.478. The largest absolute Gasteiger partial charge is 0.486 e. The lowest BCUT2D eigenvalue weighted by molar-refractivity contribution is -0.118. The van der Waals surface area contributed by atoms with Gasteiger partial charge in [0.1, 0.15) is 18.2 Å². The summed E-state index contributed by atoms with van der Waals surface area (Å²) >= 11 is 0. The summed E-state index contributed by atoms with van der Waals surface area (Å²) < 4.78 is 5.89. The van der Waals surface area contributed by atoms with Gasteiger partial charge in [-0.15, -0.1) is 5.10 Å². The van der Waals surface area contributed by atoms with Gasteiger partial charge in [-0.25, -0.2) is 9.97 Å². The van der Waals surface area contributed by atoms with Crippen LogP contribution in [0.4, 0.5) is 11.6 Å². The number of pyridine rings is 2. The van der Waals surface area contributed by atoms with Crippen LogP contribution in [0.25, 0.3) is 22.3 Å². The molecule has 3 N–H and O–H groups in total. The van der Waals surface area contributed by atoms with Gasteiger partial charge in [-0.3, -0.25) is 4.79 Å². The summed E-state index contributed by atoms with van der Waals surface area (Å²) in [6, 6.07) is 13.3. The van der Waals surface area contributed by atoms with Crippen molar-refractivity contribution in [2.75, 3.05) is 23.7 Å². The molecule has 1 aliphatic heterocycles. The lowest BCUT2D eigenvalue weighted by Gasteiger charge is -2.26. The van der Waals surface area contributed by atoms with Crippen molar-refractivity contribution in [1.82, 2.24) is 25.4 Å². The number of hydrogen-bond acceptors (Lipinski definition) is 9. The van der Waals surface area contributed by atoms with E-state index in [9.17, 15) is 10.1 Å². The zero-order chi connectivity index (χ0) is 22.8. The summed E-state index contributed by atoms with van der Waals surface area (Å²) in [5.41, 5.74) is 9.63. The van der Waals surface area contributed by atoms with Crippen LogP contribution >= 0.6 is 0 Å². The lowest BCUT2D eigenvalue weighted by atomic mass is 10.0. The normalized spacial score (nSPS) is 13.8. The predicted octanol–water partition coefficient (Wildman–Crippen LogP) is 2.62. The topological polar surface area (TPSA) is 147 Å². The van der Waals surface area contributed by atoms with Gasteiger partial charge in [0.2, 0.25) is 5.65 Å². The Morgan fingerprint density at radius 2 is 2.06 bits per heavy atom. The van der Waals surface area contributed by atoms with E-state index >= 15 is 0 Å². The van der Waals surface area contributed by atoms with E-state index in [1.54, 1.807) is 12.3 Å². The molecule has 0 unspecified atom stereocenters. The summed E-state index contributed by atoms with van der Waals surface area (Å²) in [4.78, 5) is 22.3. The van der Waals surface area contributed by atoms with Gasteiger partial charge >= 0.3 is 0 Å². The van der Waals surface area contributed by atoms with Gasteiger partial charge in [-0.2, -0.15) is 15.6 Å². The fourth-order valence-electron chi connectivity index (χ4n) is 3.85. The molecule has 0 radical (unpaired) electrons. The third-order valence-electron chi connectivity index (χ3n) is 5.55. The molecule has 4 heterocycles. The second-order valence-corrected chi connectivity index (χ2v) is 7.78. The number of nitriles is 1. The Hall–Kier alpha value is -4.52. The molecule has 5 rings (SSSR count). The Morgan fingerprint density at radius 3 is 2.85 bits per heavy atom. The van der Waals surface area contributed by atoms with E-state index in [1.165, 1.54) is 0 Å². The standard InChI is InChI=1S/C23H20N8O2/c24-10-17-8-14(15-5-6-21(26-11-15)31-7-1-2-18(32)12-31)3-4-16(17)13-33-19-9-20(25)27-23-22(19)28-30-29-23/h3-6,8-9,11H,1-2,7,12-13H2,(H3,25,27,28,29,30). The van der Waals surface area contributed by atoms with Crippen LogP contribution in [0.3, 0.4) is 0 Å². The minimum atomic E-state index is 0.161. The molecule has 33 heavy (non-hydrogen) atoms. The van der Waals surface area contributed by atoms with Gasteiger partial charge < -0.3 is 15.4 Å². The van der Waals surface area contributed by atoms with Gasteiger partial charge in [0.25, 0.3) is 0 Å². The van der Waals surface area contributed by atoms with E-state index in [2.05, 4.69) is 31.4 Å². The van der Waals surface area contributed by atoms with Crippen LogP contribution in [0.1, 0.15) is 24.0 Å².